The maximum absolute atomic E-state index is 12.0. The first-order chi connectivity index (χ1) is 11.3. The molecular formula is C20H24ClNO2. The van der Waals surface area contributed by atoms with E-state index in [0.717, 1.165) is 12.0 Å². The Morgan fingerprint density at radius 3 is 2.46 bits per heavy atom. The molecule has 0 aliphatic carbocycles. The number of hydrogen-bond acceptors (Lipinski definition) is 2. The second-order valence-corrected chi connectivity index (χ2v) is 6.92. The minimum absolute atomic E-state index is 0.0392. The average molecular weight is 346 g/mol. The van der Waals surface area contributed by atoms with Crippen LogP contribution in [0, 0.1) is 6.92 Å². The standard InChI is InChI=1S/C20H24ClNO2/c1-5-20(3,4)15-9-11-16(12-10-15)24-13-19(23)22-18-8-6-7-17(21)14(18)2/h6-12H,5,13H2,1-4H3,(H,22,23). The van der Waals surface area contributed by atoms with Crippen LogP contribution in [0.3, 0.4) is 0 Å². The van der Waals surface area contributed by atoms with Gasteiger partial charge >= 0.3 is 0 Å². The van der Waals surface area contributed by atoms with Gasteiger partial charge in [-0.15, -0.1) is 0 Å². The van der Waals surface area contributed by atoms with Crippen molar-refractivity contribution in [1.29, 1.82) is 0 Å². The molecule has 128 valence electrons. The second kappa shape index (κ2) is 7.71. The van der Waals surface area contributed by atoms with Crippen LogP contribution < -0.4 is 10.1 Å². The number of rotatable bonds is 6. The van der Waals surface area contributed by atoms with Crippen molar-refractivity contribution in [2.24, 2.45) is 0 Å². The molecule has 0 saturated heterocycles. The van der Waals surface area contributed by atoms with Crippen LogP contribution in [0.4, 0.5) is 5.69 Å². The van der Waals surface area contributed by atoms with Crippen molar-refractivity contribution in [3.05, 3.63) is 58.6 Å². The molecule has 0 unspecified atom stereocenters. The zero-order valence-corrected chi connectivity index (χ0v) is 15.4. The molecular weight excluding hydrogens is 322 g/mol. The van der Waals surface area contributed by atoms with Crippen LogP contribution in [0.15, 0.2) is 42.5 Å². The molecule has 0 fully saturated rings. The fraction of sp³-hybridized carbons (Fsp3) is 0.350. The Labute approximate surface area is 149 Å². The third kappa shape index (κ3) is 4.51. The molecule has 0 atom stereocenters. The first-order valence-corrected chi connectivity index (χ1v) is 8.49. The van der Waals surface area contributed by atoms with Crippen molar-refractivity contribution in [1.82, 2.24) is 0 Å². The van der Waals surface area contributed by atoms with E-state index >= 15 is 0 Å². The molecule has 0 aromatic heterocycles. The number of hydrogen-bond donors (Lipinski definition) is 1. The number of amides is 1. The Bertz CT molecular complexity index is 708. The lowest BCUT2D eigenvalue weighted by atomic mass is 9.82. The minimum atomic E-state index is -0.210. The number of carbonyl (C=O) groups is 1. The third-order valence-electron chi connectivity index (χ3n) is 4.43. The molecule has 0 aliphatic heterocycles. The Kier molecular flexibility index (Phi) is 5.89. The lowest BCUT2D eigenvalue weighted by Crippen LogP contribution is -2.20. The first-order valence-electron chi connectivity index (χ1n) is 8.12. The van der Waals surface area contributed by atoms with E-state index in [1.165, 1.54) is 5.56 Å². The summed E-state index contributed by atoms with van der Waals surface area (Å²) in [6, 6.07) is 13.3. The summed E-state index contributed by atoms with van der Waals surface area (Å²) in [7, 11) is 0. The van der Waals surface area contributed by atoms with E-state index in [2.05, 4.69) is 38.2 Å². The smallest absolute Gasteiger partial charge is 0.262 e. The molecule has 3 nitrogen and oxygen atoms in total. The van der Waals surface area contributed by atoms with Gasteiger partial charge in [-0.05, 0) is 54.2 Å². The van der Waals surface area contributed by atoms with Gasteiger partial charge in [-0.3, -0.25) is 4.79 Å². The molecule has 2 aromatic rings. The highest BCUT2D eigenvalue weighted by Gasteiger charge is 2.17. The maximum atomic E-state index is 12.0. The molecule has 1 amide bonds. The van der Waals surface area contributed by atoms with Gasteiger partial charge in [0.15, 0.2) is 6.61 Å². The number of carbonyl (C=O) groups excluding carboxylic acids is 1. The van der Waals surface area contributed by atoms with Gasteiger partial charge in [-0.2, -0.15) is 0 Å². The molecule has 0 radical (unpaired) electrons. The number of anilines is 1. The van der Waals surface area contributed by atoms with Gasteiger partial charge in [0.05, 0.1) is 0 Å². The van der Waals surface area contributed by atoms with E-state index < -0.39 is 0 Å². The van der Waals surface area contributed by atoms with E-state index in [1.807, 2.05) is 25.1 Å². The van der Waals surface area contributed by atoms with Crippen LogP contribution in [0.5, 0.6) is 5.75 Å². The molecule has 0 spiro atoms. The predicted molar refractivity (Wildman–Crippen MR) is 100 cm³/mol. The lowest BCUT2D eigenvalue weighted by Gasteiger charge is -2.23. The van der Waals surface area contributed by atoms with E-state index in [0.29, 0.717) is 16.5 Å². The summed E-state index contributed by atoms with van der Waals surface area (Å²) in [4.78, 5) is 12.0. The molecule has 1 N–H and O–H groups in total. The molecule has 24 heavy (non-hydrogen) atoms. The normalized spacial score (nSPS) is 11.2. The molecule has 0 bridgehead atoms. The highest BCUT2D eigenvalue weighted by atomic mass is 35.5. The van der Waals surface area contributed by atoms with Gasteiger partial charge in [0.1, 0.15) is 5.75 Å². The monoisotopic (exact) mass is 345 g/mol. The van der Waals surface area contributed by atoms with Crippen LogP contribution in [-0.4, -0.2) is 12.5 Å². The summed E-state index contributed by atoms with van der Waals surface area (Å²) >= 11 is 6.05. The van der Waals surface area contributed by atoms with Gasteiger partial charge < -0.3 is 10.1 Å². The average Bonchev–Trinajstić information content (AvgIpc) is 2.57. The van der Waals surface area contributed by atoms with Crippen LogP contribution in [0.25, 0.3) is 0 Å². The van der Waals surface area contributed by atoms with Crippen LogP contribution in [0.1, 0.15) is 38.3 Å². The Morgan fingerprint density at radius 2 is 1.83 bits per heavy atom. The van der Waals surface area contributed by atoms with E-state index in [-0.39, 0.29) is 17.9 Å². The lowest BCUT2D eigenvalue weighted by molar-refractivity contribution is -0.118. The third-order valence-corrected chi connectivity index (χ3v) is 4.84. The van der Waals surface area contributed by atoms with Crippen molar-refractivity contribution in [2.45, 2.75) is 39.5 Å². The zero-order valence-electron chi connectivity index (χ0n) is 14.7. The Hall–Kier alpha value is -2.00. The second-order valence-electron chi connectivity index (χ2n) is 6.51. The molecule has 0 saturated carbocycles. The van der Waals surface area contributed by atoms with Crippen molar-refractivity contribution in [3.63, 3.8) is 0 Å². The molecule has 0 aliphatic rings. The van der Waals surface area contributed by atoms with E-state index in [4.69, 9.17) is 16.3 Å². The number of halogens is 1. The summed E-state index contributed by atoms with van der Waals surface area (Å²) in [5.74, 6) is 0.474. The van der Waals surface area contributed by atoms with Gasteiger partial charge in [0.2, 0.25) is 0 Å². The van der Waals surface area contributed by atoms with Gasteiger partial charge in [-0.1, -0.05) is 50.6 Å². The fourth-order valence-electron chi connectivity index (χ4n) is 2.28. The van der Waals surface area contributed by atoms with Crippen molar-refractivity contribution in [3.8, 4) is 5.75 Å². The van der Waals surface area contributed by atoms with Crippen LogP contribution >= 0.6 is 11.6 Å². The maximum Gasteiger partial charge on any atom is 0.262 e. The summed E-state index contributed by atoms with van der Waals surface area (Å²) in [5, 5.41) is 3.45. The van der Waals surface area contributed by atoms with Crippen LogP contribution in [0.2, 0.25) is 5.02 Å². The predicted octanol–water partition coefficient (Wildman–Crippen LogP) is 5.35. The summed E-state index contributed by atoms with van der Waals surface area (Å²) in [5.41, 5.74) is 2.95. The van der Waals surface area contributed by atoms with E-state index in [9.17, 15) is 4.79 Å². The van der Waals surface area contributed by atoms with Crippen molar-refractivity contribution < 1.29 is 9.53 Å². The number of ether oxygens (including phenoxy) is 1. The zero-order chi connectivity index (χ0) is 17.7. The minimum Gasteiger partial charge on any atom is -0.484 e. The van der Waals surface area contributed by atoms with Crippen LogP contribution in [-0.2, 0) is 10.2 Å². The largest absolute Gasteiger partial charge is 0.484 e. The van der Waals surface area contributed by atoms with Gasteiger partial charge in [0, 0.05) is 10.7 Å². The fourth-order valence-corrected chi connectivity index (χ4v) is 2.46. The van der Waals surface area contributed by atoms with E-state index in [1.54, 1.807) is 12.1 Å². The number of benzene rings is 2. The topological polar surface area (TPSA) is 38.3 Å². The SMILES string of the molecule is CCC(C)(C)c1ccc(OCC(=O)Nc2cccc(Cl)c2C)cc1. The molecule has 4 heteroatoms. The molecule has 2 aromatic carbocycles. The van der Waals surface area contributed by atoms with Gasteiger partial charge in [-0.25, -0.2) is 0 Å². The first kappa shape index (κ1) is 18.3. The summed E-state index contributed by atoms with van der Waals surface area (Å²) < 4.78 is 5.57. The highest BCUT2D eigenvalue weighted by molar-refractivity contribution is 6.31. The van der Waals surface area contributed by atoms with Crippen molar-refractivity contribution in [2.75, 3.05) is 11.9 Å². The van der Waals surface area contributed by atoms with Gasteiger partial charge in [0.25, 0.3) is 5.91 Å². The van der Waals surface area contributed by atoms with Crippen molar-refractivity contribution >= 4 is 23.2 Å². The Morgan fingerprint density at radius 1 is 1.17 bits per heavy atom. The molecule has 2 rings (SSSR count). The Balaban J connectivity index is 1.93. The number of nitrogens with one attached hydrogen (secondary N) is 1. The quantitative estimate of drug-likeness (QED) is 0.766. The summed E-state index contributed by atoms with van der Waals surface area (Å²) in [6.45, 7) is 8.43. The summed E-state index contributed by atoms with van der Waals surface area (Å²) in [6.07, 6.45) is 1.06. The molecule has 0 heterocycles. The highest BCUT2D eigenvalue weighted by Crippen LogP contribution is 2.28.